The van der Waals surface area contributed by atoms with Crippen molar-refractivity contribution < 1.29 is 9.53 Å². The molecular weight excluding hydrogens is 328 g/mol. The molecule has 6 heteroatoms. The number of carbonyl (C=O) groups is 1. The van der Waals surface area contributed by atoms with Gasteiger partial charge in [-0.2, -0.15) is 5.26 Å². The maximum atomic E-state index is 11.9. The van der Waals surface area contributed by atoms with Crippen LogP contribution >= 0.6 is 0 Å². The average Bonchev–Trinajstić information content (AvgIpc) is 2.72. The van der Waals surface area contributed by atoms with Crippen molar-refractivity contribution in [2.75, 3.05) is 31.2 Å². The zero-order valence-corrected chi connectivity index (χ0v) is 14.4. The number of nitrogens with zero attached hydrogens (tertiary/aromatic N) is 3. The van der Waals surface area contributed by atoms with Gasteiger partial charge < -0.3 is 15.0 Å². The number of morpholine rings is 1. The molecule has 0 radical (unpaired) electrons. The molecule has 1 aliphatic rings. The second kappa shape index (κ2) is 8.79. The predicted molar refractivity (Wildman–Crippen MR) is 99.3 cm³/mol. The van der Waals surface area contributed by atoms with Gasteiger partial charge in [-0.25, -0.2) is 4.98 Å². The van der Waals surface area contributed by atoms with Gasteiger partial charge in [0, 0.05) is 31.9 Å². The van der Waals surface area contributed by atoms with Gasteiger partial charge in [0.05, 0.1) is 24.8 Å². The van der Waals surface area contributed by atoms with Crippen LogP contribution in [0, 0.1) is 11.3 Å². The number of rotatable bonds is 5. The van der Waals surface area contributed by atoms with Crippen LogP contribution in [0.5, 0.6) is 0 Å². The highest BCUT2D eigenvalue weighted by Crippen LogP contribution is 2.13. The van der Waals surface area contributed by atoms with Gasteiger partial charge >= 0.3 is 0 Å². The van der Waals surface area contributed by atoms with E-state index in [1.807, 2.05) is 12.1 Å². The van der Waals surface area contributed by atoms with E-state index < -0.39 is 0 Å². The summed E-state index contributed by atoms with van der Waals surface area (Å²) in [4.78, 5) is 18.6. The van der Waals surface area contributed by atoms with E-state index in [0.717, 1.165) is 43.2 Å². The molecule has 26 heavy (non-hydrogen) atoms. The predicted octanol–water partition coefficient (Wildman–Crippen LogP) is 2.12. The van der Waals surface area contributed by atoms with E-state index in [4.69, 9.17) is 10.00 Å². The molecule has 0 bridgehead atoms. The Labute approximate surface area is 152 Å². The van der Waals surface area contributed by atoms with Crippen molar-refractivity contribution in [1.82, 2.24) is 10.3 Å². The fourth-order valence-corrected chi connectivity index (χ4v) is 2.59. The molecule has 1 fully saturated rings. The lowest BCUT2D eigenvalue weighted by atomic mass is 10.1. The molecule has 6 nitrogen and oxygen atoms in total. The summed E-state index contributed by atoms with van der Waals surface area (Å²) in [6.45, 7) is 3.58. The highest BCUT2D eigenvalue weighted by atomic mass is 16.5. The number of aromatic nitrogens is 1. The Hall–Kier alpha value is -3.17. The lowest BCUT2D eigenvalue weighted by Gasteiger charge is -2.27. The minimum atomic E-state index is -0.174. The monoisotopic (exact) mass is 348 g/mol. The van der Waals surface area contributed by atoms with Crippen LogP contribution < -0.4 is 10.2 Å². The largest absolute Gasteiger partial charge is 0.378 e. The van der Waals surface area contributed by atoms with Crippen LogP contribution in [-0.2, 0) is 16.1 Å². The Morgan fingerprint density at radius 1 is 1.23 bits per heavy atom. The molecular formula is C20H20N4O2. The smallest absolute Gasteiger partial charge is 0.244 e. The molecule has 0 aliphatic carbocycles. The van der Waals surface area contributed by atoms with Crippen LogP contribution in [0.15, 0.2) is 48.7 Å². The standard InChI is InChI=1S/C20H20N4O2/c21-13-17-3-1-16(2-4-17)6-8-20(25)23-15-18-5-7-19(22-14-18)24-9-11-26-12-10-24/h1-8,14H,9-12,15H2,(H,23,25)/b8-6+. The summed E-state index contributed by atoms with van der Waals surface area (Å²) in [7, 11) is 0. The summed E-state index contributed by atoms with van der Waals surface area (Å²) < 4.78 is 5.34. The van der Waals surface area contributed by atoms with Gasteiger partial charge in [-0.05, 0) is 35.4 Å². The number of nitrogens with one attached hydrogen (secondary N) is 1. The zero-order chi connectivity index (χ0) is 18.2. The fraction of sp³-hybridized carbons (Fsp3) is 0.250. The van der Waals surface area contributed by atoms with E-state index in [1.165, 1.54) is 6.08 Å². The molecule has 0 atom stereocenters. The van der Waals surface area contributed by atoms with Crippen molar-refractivity contribution in [3.63, 3.8) is 0 Å². The lowest BCUT2D eigenvalue weighted by molar-refractivity contribution is -0.116. The first-order valence-corrected chi connectivity index (χ1v) is 8.48. The highest BCUT2D eigenvalue weighted by molar-refractivity contribution is 5.91. The van der Waals surface area contributed by atoms with Crippen molar-refractivity contribution in [2.45, 2.75) is 6.54 Å². The second-order valence-corrected chi connectivity index (χ2v) is 5.91. The third-order valence-corrected chi connectivity index (χ3v) is 4.08. The number of benzene rings is 1. The molecule has 132 valence electrons. The summed E-state index contributed by atoms with van der Waals surface area (Å²) in [6, 6.07) is 13.1. The van der Waals surface area contributed by atoms with Gasteiger partial charge in [-0.15, -0.1) is 0 Å². The van der Waals surface area contributed by atoms with Crippen molar-refractivity contribution in [3.05, 3.63) is 65.4 Å². The number of hydrogen-bond acceptors (Lipinski definition) is 5. The minimum absolute atomic E-state index is 0.174. The van der Waals surface area contributed by atoms with Crippen LogP contribution in [0.3, 0.4) is 0 Å². The number of anilines is 1. The van der Waals surface area contributed by atoms with E-state index in [-0.39, 0.29) is 5.91 Å². The maximum absolute atomic E-state index is 11.9. The van der Waals surface area contributed by atoms with E-state index in [1.54, 1.807) is 36.5 Å². The third kappa shape index (κ3) is 4.91. The van der Waals surface area contributed by atoms with Gasteiger partial charge in [0.1, 0.15) is 5.82 Å². The number of ether oxygens (including phenoxy) is 1. The quantitative estimate of drug-likeness (QED) is 0.838. The Morgan fingerprint density at radius 3 is 2.65 bits per heavy atom. The Morgan fingerprint density at radius 2 is 2.00 bits per heavy atom. The molecule has 2 heterocycles. The topological polar surface area (TPSA) is 78.2 Å². The molecule has 0 unspecified atom stereocenters. The molecule has 1 saturated heterocycles. The summed E-state index contributed by atoms with van der Waals surface area (Å²) in [6.07, 6.45) is 4.99. The number of hydrogen-bond donors (Lipinski definition) is 1. The van der Waals surface area contributed by atoms with Crippen LogP contribution in [-0.4, -0.2) is 37.2 Å². The molecule has 1 aromatic heterocycles. The van der Waals surface area contributed by atoms with Crippen LogP contribution in [0.2, 0.25) is 0 Å². The van der Waals surface area contributed by atoms with Gasteiger partial charge in [-0.3, -0.25) is 4.79 Å². The van der Waals surface area contributed by atoms with Crippen molar-refractivity contribution in [3.8, 4) is 6.07 Å². The number of carbonyl (C=O) groups excluding carboxylic acids is 1. The summed E-state index contributed by atoms with van der Waals surface area (Å²) in [5, 5.41) is 11.6. The Bertz CT molecular complexity index is 801. The molecule has 0 saturated carbocycles. The summed E-state index contributed by atoms with van der Waals surface area (Å²) >= 11 is 0. The van der Waals surface area contributed by atoms with Gasteiger partial charge in [0.2, 0.25) is 5.91 Å². The van der Waals surface area contributed by atoms with E-state index in [9.17, 15) is 4.79 Å². The van der Waals surface area contributed by atoms with Crippen molar-refractivity contribution >= 4 is 17.8 Å². The van der Waals surface area contributed by atoms with Crippen LogP contribution in [0.4, 0.5) is 5.82 Å². The zero-order valence-electron chi connectivity index (χ0n) is 14.4. The van der Waals surface area contributed by atoms with Crippen LogP contribution in [0.1, 0.15) is 16.7 Å². The second-order valence-electron chi connectivity index (χ2n) is 5.91. The molecule has 1 aliphatic heterocycles. The number of nitriles is 1. The molecule has 1 amide bonds. The van der Waals surface area contributed by atoms with E-state index in [0.29, 0.717) is 12.1 Å². The third-order valence-electron chi connectivity index (χ3n) is 4.08. The molecule has 2 aromatic rings. The van der Waals surface area contributed by atoms with Gasteiger partial charge in [-0.1, -0.05) is 18.2 Å². The first-order chi connectivity index (χ1) is 12.7. The lowest BCUT2D eigenvalue weighted by Crippen LogP contribution is -2.36. The summed E-state index contributed by atoms with van der Waals surface area (Å²) in [5.74, 6) is 0.760. The first kappa shape index (κ1) is 17.6. The van der Waals surface area contributed by atoms with Gasteiger partial charge in [0.25, 0.3) is 0 Å². The van der Waals surface area contributed by atoms with Crippen molar-refractivity contribution in [1.29, 1.82) is 5.26 Å². The number of pyridine rings is 1. The van der Waals surface area contributed by atoms with E-state index in [2.05, 4.69) is 21.3 Å². The highest BCUT2D eigenvalue weighted by Gasteiger charge is 2.11. The molecule has 1 aromatic carbocycles. The Balaban J connectivity index is 1.49. The Kier molecular flexibility index (Phi) is 5.96. The molecule has 1 N–H and O–H groups in total. The molecule has 3 rings (SSSR count). The van der Waals surface area contributed by atoms with Crippen molar-refractivity contribution in [2.24, 2.45) is 0 Å². The SMILES string of the molecule is N#Cc1ccc(/C=C/C(=O)NCc2ccc(N3CCOCC3)nc2)cc1. The maximum Gasteiger partial charge on any atom is 0.244 e. The first-order valence-electron chi connectivity index (χ1n) is 8.48. The fourth-order valence-electron chi connectivity index (χ4n) is 2.59. The van der Waals surface area contributed by atoms with Crippen LogP contribution in [0.25, 0.3) is 6.08 Å². The normalized spacial score (nSPS) is 14.2. The molecule has 0 spiro atoms. The summed E-state index contributed by atoms with van der Waals surface area (Å²) in [5.41, 5.74) is 2.41. The minimum Gasteiger partial charge on any atom is -0.378 e. The number of amides is 1. The van der Waals surface area contributed by atoms with Gasteiger partial charge in [0.15, 0.2) is 0 Å². The average molecular weight is 348 g/mol. The van der Waals surface area contributed by atoms with E-state index >= 15 is 0 Å².